The first-order valence-corrected chi connectivity index (χ1v) is 15.4. The summed E-state index contributed by atoms with van der Waals surface area (Å²) in [5.41, 5.74) is 4.34. The lowest BCUT2D eigenvalue weighted by atomic mass is 9.53. The summed E-state index contributed by atoms with van der Waals surface area (Å²) in [6.45, 7) is 11.7. The summed E-state index contributed by atoms with van der Waals surface area (Å²) in [5.74, 6) is 4.63. The van der Waals surface area contributed by atoms with Crippen molar-refractivity contribution in [2.45, 2.75) is 110 Å². The topological polar surface area (TPSA) is 58.4 Å². The molecular weight excluding hydrogens is 474 g/mol. The minimum Gasteiger partial charge on any atom is -0.487 e. The van der Waals surface area contributed by atoms with Crippen LogP contribution in [-0.2, 0) is 29.0 Å². The molecule has 2 aromatic rings. The molecular formula is C32H45N3O3. The number of rotatable bonds is 5. The van der Waals surface area contributed by atoms with Gasteiger partial charge in [0.2, 0.25) is 0 Å². The number of fused-ring (bicyclic) bond motifs is 7. The number of ether oxygens (including phenoxy) is 3. The van der Waals surface area contributed by atoms with E-state index >= 15 is 0 Å². The number of aryl methyl sites for hydroxylation is 2. The van der Waals surface area contributed by atoms with E-state index in [9.17, 15) is 0 Å². The number of hydrogen-bond donors (Lipinski definition) is 0. The third-order valence-corrected chi connectivity index (χ3v) is 11.4. The molecule has 0 amide bonds. The van der Waals surface area contributed by atoms with Gasteiger partial charge in [0, 0.05) is 18.9 Å². The average Bonchev–Trinajstić information content (AvgIpc) is 3.57. The van der Waals surface area contributed by atoms with Crippen molar-refractivity contribution >= 4 is 0 Å². The summed E-state index contributed by atoms with van der Waals surface area (Å²) in [7, 11) is 0. The minimum atomic E-state index is -0.313. The highest BCUT2D eigenvalue weighted by Gasteiger charge is 2.67. The van der Waals surface area contributed by atoms with Gasteiger partial charge in [0.05, 0.1) is 18.9 Å². The second-order valence-electron chi connectivity index (χ2n) is 13.6. The maximum absolute atomic E-state index is 6.93. The van der Waals surface area contributed by atoms with Crippen molar-refractivity contribution in [3.8, 4) is 5.75 Å². The Hall–Kier alpha value is -1.92. The summed E-state index contributed by atoms with van der Waals surface area (Å²) in [4.78, 5) is 0. The van der Waals surface area contributed by atoms with Crippen LogP contribution in [-0.4, -0.2) is 33.5 Å². The fraction of sp³-hybridized carbons (Fsp3) is 0.750. The zero-order valence-electron chi connectivity index (χ0n) is 23.7. The predicted octanol–water partition coefficient (Wildman–Crippen LogP) is 6.53. The van der Waals surface area contributed by atoms with Gasteiger partial charge in [-0.1, -0.05) is 39.0 Å². The van der Waals surface area contributed by atoms with Gasteiger partial charge in [0.1, 0.15) is 18.1 Å². The zero-order valence-corrected chi connectivity index (χ0v) is 23.7. The van der Waals surface area contributed by atoms with E-state index in [1.165, 1.54) is 37.7 Å². The number of aromatic nitrogens is 3. The van der Waals surface area contributed by atoms with Gasteiger partial charge in [0.15, 0.2) is 5.79 Å². The largest absolute Gasteiger partial charge is 0.487 e. The summed E-state index contributed by atoms with van der Waals surface area (Å²) in [5, 5.41) is 8.45. The van der Waals surface area contributed by atoms with Crippen LogP contribution in [0.3, 0.4) is 0 Å². The van der Waals surface area contributed by atoms with Crippen LogP contribution < -0.4 is 4.74 Å². The Morgan fingerprint density at radius 1 is 1.16 bits per heavy atom. The van der Waals surface area contributed by atoms with E-state index in [1.54, 1.807) is 5.56 Å². The molecule has 1 spiro atoms. The molecule has 6 heteroatoms. The van der Waals surface area contributed by atoms with Crippen LogP contribution in [0.25, 0.3) is 0 Å². The van der Waals surface area contributed by atoms with E-state index in [-0.39, 0.29) is 5.79 Å². The Balaban J connectivity index is 1.05. The van der Waals surface area contributed by atoms with Gasteiger partial charge in [-0.15, -0.1) is 5.10 Å². The van der Waals surface area contributed by atoms with Crippen molar-refractivity contribution in [2.24, 2.45) is 35.0 Å². The summed E-state index contributed by atoms with van der Waals surface area (Å²) >= 11 is 0. The highest BCUT2D eigenvalue weighted by molar-refractivity contribution is 5.41. The Morgan fingerprint density at radius 2 is 2.05 bits per heavy atom. The van der Waals surface area contributed by atoms with Gasteiger partial charge < -0.3 is 14.2 Å². The van der Waals surface area contributed by atoms with Crippen LogP contribution in [0.4, 0.5) is 0 Å². The van der Waals surface area contributed by atoms with Crippen molar-refractivity contribution in [2.75, 3.05) is 6.61 Å². The number of nitrogens with zero attached hydrogens (tertiary/aromatic N) is 3. The molecule has 2 aliphatic heterocycles. The lowest BCUT2D eigenvalue weighted by molar-refractivity contribution is -0.272. The molecule has 3 aliphatic carbocycles. The fourth-order valence-corrected chi connectivity index (χ4v) is 9.57. The predicted molar refractivity (Wildman–Crippen MR) is 146 cm³/mol. The van der Waals surface area contributed by atoms with Crippen LogP contribution in [0.2, 0.25) is 0 Å². The first kappa shape index (κ1) is 25.1. The molecule has 2 saturated carbocycles. The first-order chi connectivity index (χ1) is 18.4. The molecule has 6 nitrogen and oxygen atoms in total. The molecule has 0 N–H and O–H groups in total. The molecule has 7 rings (SSSR count). The molecule has 2 saturated heterocycles. The third kappa shape index (κ3) is 3.88. The summed E-state index contributed by atoms with van der Waals surface area (Å²) < 4.78 is 21.5. The molecule has 3 heterocycles. The molecule has 9 atom stereocenters. The molecule has 4 fully saturated rings. The van der Waals surface area contributed by atoms with E-state index in [4.69, 9.17) is 14.2 Å². The van der Waals surface area contributed by atoms with Crippen molar-refractivity contribution in [3.05, 3.63) is 41.2 Å². The van der Waals surface area contributed by atoms with Crippen LogP contribution >= 0.6 is 0 Å². The summed E-state index contributed by atoms with van der Waals surface area (Å²) in [6.07, 6.45) is 12.0. The van der Waals surface area contributed by atoms with Gasteiger partial charge in [0.25, 0.3) is 0 Å². The SMILES string of the molecule is CCCn1cc(COc2ccc3c(c2)CC[C@@H]2[C@@H]3CC[C@]3(C)[C@@H]4[C@H](C[C@@H]23)O[C@]2(CC[C@@H](C)CO2)[C@H]4C)nn1. The van der Waals surface area contributed by atoms with Gasteiger partial charge in [-0.3, -0.25) is 4.68 Å². The van der Waals surface area contributed by atoms with E-state index < -0.39 is 0 Å². The molecule has 0 unspecified atom stereocenters. The normalized spacial score (nSPS) is 41.4. The van der Waals surface area contributed by atoms with E-state index in [0.29, 0.717) is 41.8 Å². The molecule has 206 valence electrons. The van der Waals surface area contributed by atoms with Crippen LogP contribution in [0.1, 0.15) is 95.4 Å². The molecule has 5 aliphatic rings. The Kier molecular flexibility index (Phi) is 6.16. The molecule has 0 radical (unpaired) electrons. The quantitative estimate of drug-likeness (QED) is 0.450. The standard InChI is InChI=1S/C32H45N3O3/c1-5-14-35-17-23(33-34-35)19-36-24-7-9-25-22(15-24)6-8-27-26(25)11-12-31(4)28(27)16-29-30(31)21(3)32(38-29)13-10-20(2)18-37-32/h7,9,15,17,20-21,26-30H,5-6,8,10-14,16,18-19H2,1-4H3/t20-,21+,26-,27-,28+,29+,30+,31+,32-/m1/s1. The van der Waals surface area contributed by atoms with E-state index in [0.717, 1.165) is 55.7 Å². The lowest BCUT2D eigenvalue weighted by Gasteiger charge is -2.52. The zero-order chi connectivity index (χ0) is 26.1. The van der Waals surface area contributed by atoms with Gasteiger partial charge in [-0.25, -0.2) is 0 Å². The van der Waals surface area contributed by atoms with Crippen molar-refractivity contribution < 1.29 is 14.2 Å². The van der Waals surface area contributed by atoms with Crippen LogP contribution in [0, 0.1) is 35.0 Å². The van der Waals surface area contributed by atoms with Gasteiger partial charge in [-0.2, -0.15) is 0 Å². The minimum absolute atomic E-state index is 0.313. The second kappa shape index (κ2) is 9.33. The van der Waals surface area contributed by atoms with E-state index in [1.807, 2.05) is 10.9 Å². The summed E-state index contributed by atoms with van der Waals surface area (Å²) in [6, 6.07) is 6.86. The van der Waals surface area contributed by atoms with Crippen molar-refractivity contribution in [1.82, 2.24) is 15.0 Å². The second-order valence-corrected chi connectivity index (χ2v) is 13.6. The van der Waals surface area contributed by atoms with Crippen LogP contribution in [0.15, 0.2) is 24.4 Å². The average molecular weight is 520 g/mol. The van der Waals surface area contributed by atoms with Gasteiger partial charge >= 0.3 is 0 Å². The monoisotopic (exact) mass is 519 g/mol. The smallest absolute Gasteiger partial charge is 0.171 e. The highest BCUT2D eigenvalue weighted by atomic mass is 16.7. The molecule has 0 bridgehead atoms. The number of benzene rings is 1. The Labute approximate surface area is 227 Å². The Morgan fingerprint density at radius 3 is 2.87 bits per heavy atom. The Bertz CT molecular complexity index is 1170. The third-order valence-electron chi connectivity index (χ3n) is 11.4. The number of hydrogen-bond acceptors (Lipinski definition) is 5. The van der Waals surface area contributed by atoms with Crippen molar-refractivity contribution in [3.63, 3.8) is 0 Å². The molecule has 38 heavy (non-hydrogen) atoms. The van der Waals surface area contributed by atoms with Crippen molar-refractivity contribution in [1.29, 1.82) is 0 Å². The first-order valence-electron chi connectivity index (χ1n) is 15.4. The highest BCUT2D eigenvalue weighted by Crippen LogP contribution is 2.69. The van der Waals surface area contributed by atoms with E-state index in [2.05, 4.69) is 56.2 Å². The molecule has 1 aromatic carbocycles. The maximum Gasteiger partial charge on any atom is 0.171 e. The molecule has 1 aromatic heterocycles. The van der Waals surface area contributed by atoms with Crippen LogP contribution in [0.5, 0.6) is 5.75 Å². The lowest BCUT2D eigenvalue weighted by Crippen LogP contribution is -2.48. The maximum atomic E-state index is 6.93. The fourth-order valence-electron chi connectivity index (χ4n) is 9.57. The van der Waals surface area contributed by atoms with Gasteiger partial charge in [-0.05, 0) is 103 Å².